The number of hydrogen-bond acceptors (Lipinski definition) is 5. The lowest BCUT2D eigenvalue weighted by molar-refractivity contribution is -0.115. The minimum Gasteiger partial charge on any atom is -0.271 e. The minimum atomic E-state index is -2.71. The van der Waals surface area contributed by atoms with E-state index in [1.807, 2.05) is 19.1 Å². The van der Waals surface area contributed by atoms with E-state index in [1.165, 1.54) is 18.0 Å². The largest absolute Gasteiger partial charge is 0.271 e. The molecular weight excluding hydrogens is 306 g/mol. The average molecular weight is 321 g/mol. The second-order valence-corrected chi connectivity index (χ2v) is 7.62. The average Bonchev–Trinajstić information content (AvgIpc) is 2.46. The summed E-state index contributed by atoms with van der Waals surface area (Å²) in [5.41, 5.74) is 1.07. The summed E-state index contributed by atoms with van der Waals surface area (Å²) in [6, 6.07) is 8.88. The maximum absolute atomic E-state index is 12.5. The number of amides is 1. The first-order chi connectivity index (χ1) is 9.97. The van der Waals surface area contributed by atoms with Crippen LogP contribution in [0.1, 0.15) is 5.56 Å². The van der Waals surface area contributed by atoms with Crippen molar-refractivity contribution in [2.75, 3.05) is 12.0 Å². The van der Waals surface area contributed by atoms with Gasteiger partial charge in [-0.2, -0.15) is 4.36 Å². The van der Waals surface area contributed by atoms with E-state index in [1.54, 1.807) is 30.6 Å². The summed E-state index contributed by atoms with van der Waals surface area (Å²) in [5.74, 6) is -0.360. The van der Waals surface area contributed by atoms with Gasteiger partial charge in [0.1, 0.15) is 0 Å². The molecule has 0 N–H and O–H groups in total. The van der Waals surface area contributed by atoms with Crippen LogP contribution in [-0.2, 0) is 14.5 Å². The molecule has 0 spiro atoms. The van der Waals surface area contributed by atoms with E-state index in [0.717, 1.165) is 5.56 Å². The Labute approximate surface area is 128 Å². The molecule has 1 amide bonds. The van der Waals surface area contributed by atoms with Crippen LogP contribution in [0.5, 0.6) is 0 Å². The molecule has 2 aromatic rings. The van der Waals surface area contributed by atoms with Crippen LogP contribution in [0.2, 0.25) is 0 Å². The summed E-state index contributed by atoms with van der Waals surface area (Å²) in [6.45, 7) is 1.94. The van der Waals surface area contributed by atoms with Crippen molar-refractivity contribution in [2.45, 2.75) is 17.0 Å². The topological polar surface area (TPSA) is 72.3 Å². The van der Waals surface area contributed by atoms with E-state index < -0.39 is 15.6 Å². The second kappa shape index (κ2) is 6.82. The Bertz CT molecular complexity index is 737. The van der Waals surface area contributed by atoms with Crippen molar-refractivity contribution in [2.24, 2.45) is 4.36 Å². The van der Waals surface area contributed by atoms with Crippen molar-refractivity contribution in [1.29, 1.82) is 0 Å². The van der Waals surface area contributed by atoms with Crippen molar-refractivity contribution in [3.05, 3.63) is 48.3 Å². The van der Waals surface area contributed by atoms with E-state index in [0.29, 0.717) is 10.1 Å². The number of nitrogens with zero attached hydrogens (tertiary/aromatic N) is 3. The first-order valence-corrected chi connectivity index (χ1v) is 9.10. The number of benzene rings is 1. The van der Waals surface area contributed by atoms with Crippen molar-refractivity contribution >= 4 is 27.4 Å². The lowest BCUT2D eigenvalue weighted by atomic mass is 10.2. The molecular formula is C14H15N3O2S2. The van der Waals surface area contributed by atoms with Crippen molar-refractivity contribution in [3.8, 4) is 0 Å². The monoisotopic (exact) mass is 321 g/mol. The maximum Gasteiger partial charge on any atom is 0.264 e. The molecule has 21 heavy (non-hydrogen) atoms. The highest BCUT2D eigenvalue weighted by atomic mass is 32.2. The summed E-state index contributed by atoms with van der Waals surface area (Å²) in [4.78, 5) is 20.4. The number of carbonyl (C=O) groups is 1. The van der Waals surface area contributed by atoms with Crippen molar-refractivity contribution in [1.82, 2.24) is 9.97 Å². The minimum absolute atomic E-state index is 0.0701. The molecule has 0 aliphatic rings. The van der Waals surface area contributed by atoms with Gasteiger partial charge in [-0.1, -0.05) is 29.5 Å². The first-order valence-electron chi connectivity index (χ1n) is 6.19. The molecule has 0 fully saturated rings. The van der Waals surface area contributed by atoms with Gasteiger partial charge in [-0.25, -0.2) is 14.2 Å². The summed E-state index contributed by atoms with van der Waals surface area (Å²) >= 11 is 1.18. The molecule has 110 valence electrons. The summed E-state index contributed by atoms with van der Waals surface area (Å²) < 4.78 is 16.3. The predicted octanol–water partition coefficient (Wildman–Crippen LogP) is 2.56. The van der Waals surface area contributed by atoms with Gasteiger partial charge in [-0.15, -0.1) is 0 Å². The zero-order valence-corrected chi connectivity index (χ0v) is 13.4. The number of aromatic nitrogens is 2. The molecule has 5 nitrogen and oxygen atoms in total. The standard InChI is InChI=1S/C14H15N3O2S2/c1-11-4-6-12(7-5-11)21(2,19)17-13(18)10-20-14-15-8-3-9-16-14/h3-9H,10H2,1-2H3/t21-/m1/s1. The van der Waals surface area contributed by atoms with Gasteiger partial charge in [0, 0.05) is 23.5 Å². The molecule has 0 bridgehead atoms. The molecule has 1 atom stereocenters. The third kappa shape index (κ3) is 4.64. The van der Waals surface area contributed by atoms with E-state index in [9.17, 15) is 9.00 Å². The molecule has 2 rings (SSSR count). The van der Waals surface area contributed by atoms with Crippen LogP contribution in [0.25, 0.3) is 0 Å². The third-order valence-corrected chi connectivity index (χ3v) is 5.16. The molecule has 1 aromatic heterocycles. The van der Waals surface area contributed by atoms with E-state index >= 15 is 0 Å². The molecule has 0 saturated carbocycles. The van der Waals surface area contributed by atoms with Gasteiger partial charge < -0.3 is 0 Å². The molecule has 0 unspecified atom stereocenters. The Morgan fingerprint density at radius 1 is 1.24 bits per heavy atom. The van der Waals surface area contributed by atoms with Crippen LogP contribution >= 0.6 is 11.8 Å². The van der Waals surface area contributed by atoms with Crippen LogP contribution in [0.15, 0.2) is 57.1 Å². The zero-order valence-electron chi connectivity index (χ0n) is 11.7. The van der Waals surface area contributed by atoms with Crippen LogP contribution in [0.4, 0.5) is 0 Å². The van der Waals surface area contributed by atoms with Gasteiger partial charge in [-0.3, -0.25) is 4.79 Å². The normalized spacial score (nSPS) is 13.4. The lowest BCUT2D eigenvalue weighted by Crippen LogP contribution is -2.05. The van der Waals surface area contributed by atoms with Gasteiger partial charge in [0.15, 0.2) is 5.16 Å². The van der Waals surface area contributed by atoms with Crippen LogP contribution in [0, 0.1) is 6.92 Å². The van der Waals surface area contributed by atoms with Crippen LogP contribution in [0.3, 0.4) is 0 Å². The van der Waals surface area contributed by atoms with E-state index in [4.69, 9.17) is 0 Å². The third-order valence-electron chi connectivity index (χ3n) is 2.60. The quantitative estimate of drug-likeness (QED) is 0.639. The highest BCUT2D eigenvalue weighted by molar-refractivity contribution is 8.00. The Morgan fingerprint density at radius 2 is 1.86 bits per heavy atom. The summed E-state index contributed by atoms with van der Waals surface area (Å²) in [7, 11) is -2.71. The van der Waals surface area contributed by atoms with Crippen molar-refractivity contribution in [3.63, 3.8) is 0 Å². The fourth-order valence-electron chi connectivity index (χ4n) is 1.55. The zero-order chi connectivity index (χ0) is 15.3. The van der Waals surface area contributed by atoms with Crippen LogP contribution < -0.4 is 0 Å². The predicted molar refractivity (Wildman–Crippen MR) is 83.7 cm³/mol. The molecule has 7 heteroatoms. The molecule has 0 radical (unpaired) electrons. The summed E-state index contributed by atoms with van der Waals surface area (Å²) in [6.07, 6.45) is 4.68. The van der Waals surface area contributed by atoms with Crippen LogP contribution in [-0.4, -0.2) is 32.1 Å². The van der Waals surface area contributed by atoms with Gasteiger partial charge in [-0.05, 0) is 25.1 Å². The van der Waals surface area contributed by atoms with Gasteiger partial charge in [0.25, 0.3) is 5.91 Å². The number of rotatable bonds is 4. The highest BCUT2D eigenvalue weighted by Crippen LogP contribution is 2.15. The molecule has 1 heterocycles. The fraction of sp³-hybridized carbons (Fsp3) is 0.214. The number of thioether (sulfide) groups is 1. The van der Waals surface area contributed by atoms with Gasteiger partial charge in [0.05, 0.1) is 15.5 Å². The Morgan fingerprint density at radius 3 is 2.48 bits per heavy atom. The highest BCUT2D eigenvalue weighted by Gasteiger charge is 2.10. The number of hydrogen-bond donors (Lipinski definition) is 0. The Kier molecular flexibility index (Phi) is 5.08. The number of aryl methyl sites for hydroxylation is 1. The first kappa shape index (κ1) is 15.7. The Hall–Kier alpha value is -1.73. The molecule has 1 aromatic carbocycles. The summed E-state index contributed by atoms with van der Waals surface area (Å²) in [5, 5.41) is 0.499. The van der Waals surface area contributed by atoms with E-state index in [-0.39, 0.29) is 5.75 Å². The number of carbonyl (C=O) groups excluding carboxylic acids is 1. The fourth-order valence-corrected chi connectivity index (χ4v) is 3.42. The van der Waals surface area contributed by atoms with E-state index in [2.05, 4.69) is 14.3 Å². The van der Waals surface area contributed by atoms with Gasteiger partial charge in [0.2, 0.25) is 0 Å². The second-order valence-electron chi connectivity index (χ2n) is 4.42. The van der Waals surface area contributed by atoms with Gasteiger partial charge >= 0.3 is 0 Å². The SMILES string of the molecule is Cc1ccc([S@@](C)(=O)=NC(=O)CSc2ncccn2)cc1. The molecule has 0 aliphatic heterocycles. The van der Waals surface area contributed by atoms with Crippen molar-refractivity contribution < 1.29 is 9.00 Å². The Balaban J connectivity index is 2.08. The smallest absolute Gasteiger partial charge is 0.264 e. The molecule has 0 saturated heterocycles. The molecule has 0 aliphatic carbocycles. The maximum atomic E-state index is 12.5. The lowest BCUT2D eigenvalue weighted by Gasteiger charge is -2.04.